The van der Waals surface area contributed by atoms with Crippen molar-refractivity contribution in [3.05, 3.63) is 70.7 Å². The van der Waals surface area contributed by atoms with Gasteiger partial charge in [0.2, 0.25) is 5.78 Å². The van der Waals surface area contributed by atoms with Crippen LogP contribution in [0.25, 0.3) is 0 Å². The van der Waals surface area contributed by atoms with Crippen molar-refractivity contribution in [1.29, 1.82) is 0 Å². The summed E-state index contributed by atoms with van der Waals surface area (Å²) in [6, 6.07) is 14.9. The third kappa shape index (κ3) is 2.99. The summed E-state index contributed by atoms with van der Waals surface area (Å²) >= 11 is 1.34. The van der Waals surface area contributed by atoms with Crippen LogP contribution in [0.2, 0.25) is 0 Å². The van der Waals surface area contributed by atoms with Gasteiger partial charge in [0.1, 0.15) is 0 Å². The summed E-state index contributed by atoms with van der Waals surface area (Å²) in [5.41, 5.74) is 8.93. The maximum absolute atomic E-state index is 12.5. The molecule has 1 heterocycles. The lowest BCUT2D eigenvalue weighted by Crippen LogP contribution is -2.00. The molecule has 22 heavy (non-hydrogen) atoms. The Labute approximate surface area is 132 Å². The predicted molar refractivity (Wildman–Crippen MR) is 90.9 cm³/mol. The molecule has 0 aliphatic rings. The van der Waals surface area contributed by atoms with Crippen molar-refractivity contribution >= 4 is 33.6 Å². The van der Waals surface area contributed by atoms with Crippen molar-refractivity contribution < 1.29 is 4.79 Å². The minimum Gasteiger partial charge on any atom is -0.399 e. The molecule has 4 nitrogen and oxygen atoms in total. The number of hydrogen-bond acceptors (Lipinski definition) is 5. The van der Waals surface area contributed by atoms with Gasteiger partial charge in [-0.25, -0.2) is 4.98 Å². The van der Waals surface area contributed by atoms with Gasteiger partial charge >= 0.3 is 0 Å². The van der Waals surface area contributed by atoms with E-state index in [-0.39, 0.29) is 5.78 Å². The molecular weight excluding hydrogens is 294 g/mol. The van der Waals surface area contributed by atoms with Crippen LogP contribution in [0, 0.1) is 6.92 Å². The Morgan fingerprint density at radius 1 is 1.14 bits per heavy atom. The minimum atomic E-state index is 0.000885. The molecule has 3 aromatic rings. The fourth-order valence-electron chi connectivity index (χ4n) is 2.09. The van der Waals surface area contributed by atoms with Gasteiger partial charge in [-0.2, -0.15) is 0 Å². The quantitative estimate of drug-likeness (QED) is 0.564. The van der Waals surface area contributed by atoms with Crippen molar-refractivity contribution in [1.82, 2.24) is 4.98 Å². The Hall–Kier alpha value is -2.66. The van der Waals surface area contributed by atoms with E-state index in [1.54, 1.807) is 6.20 Å². The van der Waals surface area contributed by atoms with Crippen molar-refractivity contribution in [2.24, 2.45) is 0 Å². The van der Waals surface area contributed by atoms with Crippen LogP contribution in [-0.4, -0.2) is 10.8 Å². The molecule has 0 bridgehead atoms. The van der Waals surface area contributed by atoms with Gasteiger partial charge in [0.05, 0.1) is 11.1 Å². The largest absolute Gasteiger partial charge is 0.399 e. The number of anilines is 3. The molecule has 0 spiro atoms. The van der Waals surface area contributed by atoms with Crippen molar-refractivity contribution in [3.63, 3.8) is 0 Å². The highest BCUT2D eigenvalue weighted by atomic mass is 32.1. The first kappa shape index (κ1) is 14.3. The summed E-state index contributed by atoms with van der Waals surface area (Å²) in [5, 5.41) is 3.85. The zero-order valence-corrected chi connectivity index (χ0v) is 12.9. The average molecular weight is 309 g/mol. The second kappa shape index (κ2) is 5.99. The number of nitrogens with zero attached hydrogens (tertiary/aromatic N) is 1. The van der Waals surface area contributed by atoms with Gasteiger partial charge in [0.25, 0.3) is 0 Å². The number of ketones is 1. The van der Waals surface area contributed by atoms with Gasteiger partial charge < -0.3 is 11.1 Å². The van der Waals surface area contributed by atoms with Crippen LogP contribution in [0.15, 0.2) is 54.7 Å². The number of nitrogens with two attached hydrogens (primary N) is 1. The molecule has 110 valence electrons. The average Bonchev–Trinajstić information content (AvgIpc) is 2.98. The molecular formula is C17H15N3OS. The molecule has 0 fully saturated rings. The van der Waals surface area contributed by atoms with Crippen molar-refractivity contribution in [2.45, 2.75) is 6.92 Å². The molecule has 3 rings (SSSR count). The van der Waals surface area contributed by atoms with Gasteiger partial charge in [-0.1, -0.05) is 35.6 Å². The molecule has 1 aromatic heterocycles. The predicted octanol–water partition coefficient (Wildman–Crippen LogP) is 4.01. The number of nitrogen functional groups attached to an aromatic ring is 1. The van der Waals surface area contributed by atoms with E-state index in [1.165, 1.54) is 11.3 Å². The molecule has 0 aliphatic carbocycles. The number of rotatable bonds is 4. The first-order valence-corrected chi connectivity index (χ1v) is 7.64. The summed E-state index contributed by atoms with van der Waals surface area (Å²) in [7, 11) is 0. The highest BCUT2D eigenvalue weighted by molar-refractivity contribution is 7.17. The highest BCUT2D eigenvalue weighted by Gasteiger charge is 2.14. The van der Waals surface area contributed by atoms with Gasteiger partial charge in [0, 0.05) is 16.9 Å². The standard InChI is InChI=1S/C17H15N3OS/c1-11-4-2-3-5-14(11)16(21)15-10-19-17(22-15)20-13-8-6-12(18)7-9-13/h2-10H,18H2,1H3,(H,19,20). The van der Waals surface area contributed by atoms with Crippen LogP contribution >= 0.6 is 11.3 Å². The summed E-state index contributed by atoms with van der Waals surface area (Å²) in [6.07, 6.45) is 1.61. The van der Waals surface area contributed by atoms with Gasteiger partial charge in [-0.15, -0.1) is 0 Å². The second-order valence-electron chi connectivity index (χ2n) is 4.92. The molecule has 3 N–H and O–H groups in total. The molecule has 2 aromatic carbocycles. The molecule has 0 unspecified atom stereocenters. The second-order valence-corrected chi connectivity index (χ2v) is 5.95. The first-order chi connectivity index (χ1) is 10.6. The molecule has 5 heteroatoms. The lowest BCUT2D eigenvalue weighted by Gasteiger charge is -2.03. The minimum absolute atomic E-state index is 0.000885. The highest BCUT2D eigenvalue weighted by Crippen LogP contribution is 2.25. The maximum Gasteiger partial charge on any atom is 0.204 e. The Kier molecular flexibility index (Phi) is 3.89. The van der Waals surface area contributed by atoms with Gasteiger partial charge in [0.15, 0.2) is 5.13 Å². The summed E-state index contributed by atoms with van der Waals surface area (Å²) in [4.78, 5) is 17.4. The van der Waals surface area contributed by atoms with Crippen LogP contribution < -0.4 is 11.1 Å². The molecule has 0 atom stereocenters. The lowest BCUT2D eigenvalue weighted by atomic mass is 10.0. The van der Waals surface area contributed by atoms with E-state index >= 15 is 0 Å². The molecule has 0 amide bonds. The number of aromatic nitrogens is 1. The van der Waals surface area contributed by atoms with E-state index in [0.717, 1.165) is 11.3 Å². The summed E-state index contributed by atoms with van der Waals surface area (Å²) < 4.78 is 0. The van der Waals surface area contributed by atoms with Crippen molar-refractivity contribution in [2.75, 3.05) is 11.1 Å². The number of carbonyl (C=O) groups is 1. The molecule has 0 saturated carbocycles. The molecule has 0 saturated heterocycles. The monoisotopic (exact) mass is 309 g/mol. The van der Waals surface area contributed by atoms with Gasteiger partial charge in [-0.3, -0.25) is 4.79 Å². The van der Waals surface area contributed by atoms with Crippen LogP contribution in [0.4, 0.5) is 16.5 Å². The van der Waals surface area contributed by atoms with E-state index in [2.05, 4.69) is 10.3 Å². The van der Waals surface area contributed by atoms with E-state index in [0.29, 0.717) is 21.3 Å². The Morgan fingerprint density at radius 3 is 2.59 bits per heavy atom. The fraction of sp³-hybridized carbons (Fsp3) is 0.0588. The number of carbonyl (C=O) groups excluding carboxylic acids is 1. The third-order valence-electron chi connectivity index (χ3n) is 3.28. The zero-order chi connectivity index (χ0) is 15.5. The van der Waals surface area contributed by atoms with E-state index < -0.39 is 0 Å². The smallest absolute Gasteiger partial charge is 0.204 e. The zero-order valence-electron chi connectivity index (χ0n) is 12.0. The van der Waals surface area contributed by atoms with Crippen LogP contribution in [-0.2, 0) is 0 Å². The van der Waals surface area contributed by atoms with E-state index in [1.807, 2.05) is 55.5 Å². The SMILES string of the molecule is Cc1ccccc1C(=O)c1cnc(Nc2ccc(N)cc2)s1. The molecule has 0 radical (unpaired) electrons. The normalized spacial score (nSPS) is 10.4. The third-order valence-corrected chi connectivity index (χ3v) is 4.19. The Balaban J connectivity index is 1.80. The van der Waals surface area contributed by atoms with Crippen LogP contribution in [0.5, 0.6) is 0 Å². The van der Waals surface area contributed by atoms with Crippen LogP contribution in [0.3, 0.4) is 0 Å². The lowest BCUT2D eigenvalue weighted by molar-refractivity contribution is 0.104. The number of hydrogen-bond donors (Lipinski definition) is 2. The van der Waals surface area contributed by atoms with E-state index in [4.69, 9.17) is 5.73 Å². The number of aryl methyl sites for hydroxylation is 1. The van der Waals surface area contributed by atoms with Crippen LogP contribution in [0.1, 0.15) is 20.8 Å². The summed E-state index contributed by atoms with van der Waals surface area (Å²) in [5.74, 6) is 0.000885. The number of benzene rings is 2. The maximum atomic E-state index is 12.5. The summed E-state index contributed by atoms with van der Waals surface area (Å²) in [6.45, 7) is 1.93. The number of thiazole rings is 1. The van der Waals surface area contributed by atoms with Crippen molar-refractivity contribution in [3.8, 4) is 0 Å². The van der Waals surface area contributed by atoms with E-state index in [9.17, 15) is 4.79 Å². The first-order valence-electron chi connectivity index (χ1n) is 6.82. The topological polar surface area (TPSA) is 68.0 Å². The Bertz CT molecular complexity index is 809. The van der Waals surface area contributed by atoms with Gasteiger partial charge in [-0.05, 0) is 36.8 Å². The fourth-order valence-corrected chi connectivity index (χ4v) is 2.88. The number of nitrogens with one attached hydrogen (secondary N) is 1. The Morgan fingerprint density at radius 2 is 1.86 bits per heavy atom. The molecule has 0 aliphatic heterocycles.